The summed E-state index contributed by atoms with van der Waals surface area (Å²) < 4.78 is 69.0. The van der Waals surface area contributed by atoms with E-state index in [4.69, 9.17) is 23.1 Å². The lowest BCUT2D eigenvalue weighted by atomic mass is 10.0. The highest BCUT2D eigenvalue weighted by molar-refractivity contribution is 7.92. The molecule has 2 aromatic rings. The lowest BCUT2D eigenvalue weighted by Crippen LogP contribution is -2.47. The average molecular weight is 546 g/mol. The van der Waals surface area contributed by atoms with Crippen LogP contribution >= 0.6 is 11.6 Å². The molecule has 0 aliphatic carbocycles. The minimum Gasteiger partial charge on any atom is -0.402 e. The van der Waals surface area contributed by atoms with Gasteiger partial charge < -0.3 is 21.7 Å². The van der Waals surface area contributed by atoms with Crippen molar-refractivity contribution in [1.82, 2.24) is 14.7 Å². The third-order valence-corrected chi connectivity index (χ3v) is 8.18. The molecule has 0 bridgehead atoms. The topological polar surface area (TPSA) is 160 Å². The number of hydrogen-bond acceptors (Lipinski definition) is 8. The van der Waals surface area contributed by atoms with Gasteiger partial charge >= 0.3 is 6.18 Å². The molecule has 3 rings (SSSR count). The molecule has 3 heterocycles. The van der Waals surface area contributed by atoms with E-state index < -0.39 is 44.3 Å². The van der Waals surface area contributed by atoms with Gasteiger partial charge in [-0.1, -0.05) is 18.2 Å². The molecule has 10 nitrogen and oxygen atoms in total. The van der Waals surface area contributed by atoms with Crippen molar-refractivity contribution in [1.29, 1.82) is 5.26 Å². The summed E-state index contributed by atoms with van der Waals surface area (Å²) in [5, 5.41) is 10.2. The van der Waals surface area contributed by atoms with Crippen LogP contribution in [0.5, 0.6) is 0 Å². The molecule has 194 valence electrons. The molecule has 1 aliphatic heterocycles. The number of alkyl halides is 3. The van der Waals surface area contributed by atoms with Crippen molar-refractivity contribution in [3.8, 4) is 6.07 Å². The van der Waals surface area contributed by atoms with Crippen LogP contribution in [0.3, 0.4) is 0 Å². The summed E-state index contributed by atoms with van der Waals surface area (Å²) in [6.07, 6.45) is -3.91. The summed E-state index contributed by atoms with van der Waals surface area (Å²) in [6.45, 7) is 5.84. The SMILES string of the molecule is C=C(N)/C(C(=O)NC(c1cc(Cl)c2c(C#N)ncn2c1N1CCS(=O)(=O)C(C)C1)C(F)(F)F)=C(\C)N. The molecule has 2 atom stereocenters. The van der Waals surface area contributed by atoms with Gasteiger partial charge in [0.25, 0.3) is 5.91 Å². The molecule has 5 N–H and O–H groups in total. The van der Waals surface area contributed by atoms with E-state index in [9.17, 15) is 31.6 Å². The molecule has 0 radical (unpaired) electrons. The highest BCUT2D eigenvalue weighted by Gasteiger charge is 2.46. The number of nitrogens with one attached hydrogen (secondary N) is 1. The molecule has 0 aromatic carbocycles. The number of aromatic nitrogens is 2. The maximum absolute atomic E-state index is 14.4. The summed E-state index contributed by atoms with van der Waals surface area (Å²) in [7, 11) is -3.45. The van der Waals surface area contributed by atoms with Gasteiger partial charge in [0, 0.05) is 30.0 Å². The molecule has 1 amide bonds. The summed E-state index contributed by atoms with van der Waals surface area (Å²) in [5.74, 6) is -1.65. The van der Waals surface area contributed by atoms with Gasteiger partial charge in [-0.05, 0) is 19.9 Å². The first-order valence-electron chi connectivity index (χ1n) is 10.4. The standard InChI is InChI=1S/C21H23ClF3N7O3S/c1-10-8-31(4-5-36(10,34)35)20-13(6-14(22)17-15(7-26)29-9-32(17)20)18(21(23,24)25)30-19(33)16(11(2)27)12(3)28/h6,9-10,18H,2,4-5,8,27-28H2,1,3H3,(H,30,33)/b16-12-. The molecular weight excluding hydrogens is 523 g/mol. The summed E-state index contributed by atoms with van der Waals surface area (Å²) in [6, 6.07) is 0.197. The normalized spacial score (nSPS) is 19.4. The van der Waals surface area contributed by atoms with Crippen LogP contribution in [-0.4, -0.2) is 54.0 Å². The Labute approximate surface area is 209 Å². The first-order valence-corrected chi connectivity index (χ1v) is 12.5. The number of nitriles is 1. The van der Waals surface area contributed by atoms with Gasteiger partial charge in [0.1, 0.15) is 23.7 Å². The second-order valence-electron chi connectivity index (χ2n) is 8.35. The largest absolute Gasteiger partial charge is 0.413 e. The van der Waals surface area contributed by atoms with E-state index in [2.05, 4.69) is 11.6 Å². The zero-order valence-electron chi connectivity index (χ0n) is 19.2. The van der Waals surface area contributed by atoms with Crippen LogP contribution in [0.2, 0.25) is 5.02 Å². The molecule has 15 heteroatoms. The van der Waals surface area contributed by atoms with Gasteiger partial charge in [-0.2, -0.15) is 18.4 Å². The zero-order chi connectivity index (χ0) is 27.2. The lowest BCUT2D eigenvalue weighted by molar-refractivity contribution is -0.162. The highest BCUT2D eigenvalue weighted by atomic mass is 35.5. The summed E-state index contributed by atoms with van der Waals surface area (Å²) in [5.41, 5.74) is 9.73. The van der Waals surface area contributed by atoms with Crippen LogP contribution < -0.4 is 21.7 Å². The second-order valence-corrected chi connectivity index (χ2v) is 11.3. The zero-order valence-corrected chi connectivity index (χ0v) is 20.8. The van der Waals surface area contributed by atoms with Crippen LogP contribution in [0.15, 0.2) is 35.9 Å². The lowest BCUT2D eigenvalue weighted by Gasteiger charge is -2.36. The van der Waals surface area contributed by atoms with Gasteiger partial charge in [-0.25, -0.2) is 13.4 Å². The predicted molar refractivity (Wildman–Crippen MR) is 128 cm³/mol. The number of anilines is 1. The van der Waals surface area contributed by atoms with E-state index in [1.807, 2.05) is 11.4 Å². The Balaban J connectivity index is 2.28. The Morgan fingerprint density at radius 3 is 2.56 bits per heavy atom. The fraction of sp³-hybridized carbons (Fsp3) is 0.381. The second kappa shape index (κ2) is 9.55. The maximum atomic E-state index is 14.4. The fourth-order valence-corrected chi connectivity index (χ4v) is 5.62. The fourth-order valence-electron chi connectivity index (χ4n) is 4.04. The number of rotatable bonds is 5. The number of pyridine rings is 1. The number of nitrogens with zero attached hydrogens (tertiary/aromatic N) is 4. The van der Waals surface area contributed by atoms with Crippen molar-refractivity contribution in [2.75, 3.05) is 23.7 Å². The van der Waals surface area contributed by atoms with Gasteiger partial charge in [0.2, 0.25) is 0 Å². The summed E-state index contributed by atoms with van der Waals surface area (Å²) >= 11 is 6.30. The van der Waals surface area contributed by atoms with Crippen LogP contribution in [0.25, 0.3) is 5.52 Å². The number of nitrogens with two attached hydrogens (primary N) is 2. The van der Waals surface area contributed by atoms with Crippen LogP contribution in [0.4, 0.5) is 19.0 Å². The molecule has 1 aliphatic rings. The Hall–Kier alpha value is -3.44. The first-order chi connectivity index (χ1) is 16.6. The first kappa shape index (κ1) is 27.2. The van der Waals surface area contributed by atoms with Crippen molar-refractivity contribution in [3.63, 3.8) is 0 Å². The molecule has 2 unspecified atom stereocenters. The number of allylic oxidation sites excluding steroid dienone is 1. The smallest absolute Gasteiger partial charge is 0.402 e. The van der Waals surface area contributed by atoms with Crippen LogP contribution in [0.1, 0.15) is 31.1 Å². The van der Waals surface area contributed by atoms with Gasteiger partial charge in [0.15, 0.2) is 21.6 Å². The third-order valence-electron chi connectivity index (χ3n) is 5.76. The maximum Gasteiger partial charge on any atom is 0.413 e. The minimum absolute atomic E-state index is 0.0416. The van der Waals surface area contributed by atoms with E-state index in [-0.39, 0.29) is 52.3 Å². The van der Waals surface area contributed by atoms with E-state index in [0.29, 0.717) is 0 Å². The Kier molecular flexibility index (Phi) is 7.20. The number of carbonyl (C=O) groups is 1. The number of halogens is 4. The van der Waals surface area contributed by atoms with E-state index >= 15 is 0 Å². The molecule has 36 heavy (non-hydrogen) atoms. The number of amides is 1. The quantitative estimate of drug-likeness (QED) is 0.379. The van der Waals surface area contributed by atoms with Crippen molar-refractivity contribution in [2.24, 2.45) is 11.5 Å². The van der Waals surface area contributed by atoms with Crippen molar-refractivity contribution in [3.05, 3.63) is 52.2 Å². The highest BCUT2D eigenvalue weighted by Crippen LogP contribution is 2.41. The number of hydrogen-bond donors (Lipinski definition) is 3. The molecule has 0 spiro atoms. The molecule has 1 saturated heterocycles. The van der Waals surface area contributed by atoms with Crippen LogP contribution in [-0.2, 0) is 14.6 Å². The van der Waals surface area contributed by atoms with Crippen LogP contribution in [0, 0.1) is 11.3 Å². The number of fused-ring (bicyclic) bond motifs is 1. The van der Waals surface area contributed by atoms with E-state index in [1.54, 1.807) is 0 Å². The number of imidazole rings is 1. The molecule has 0 saturated carbocycles. The molecule has 2 aromatic heterocycles. The van der Waals surface area contributed by atoms with Crippen molar-refractivity contribution >= 4 is 38.7 Å². The van der Waals surface area contributed by atoms with Crippen molar-refractivity contribution < 1.29 is 26.4 Å². The van der Waals surface area contributed by atoms with E-state index in [1.165, 1.54) is 23.1 Å². The monoisotopic (exact) mass is 545 g/mol. The van der Waals surface area contributed by atoms with Gasteiger partial charge in [-0.15, -0.1) is 0 Å². The molecular formula is C21H23ClF3N7O3S. The molecule has 1 fully saturated rings. The number of sulfone groups is 1. The van der Waals surface area contributed by atoms with E-state index in [0.717, 1.165) is 12.4 Å². The van der Waals surface area contributed by atoms with Gasteiger partial charge in [0.05, 0.1) is 21.6 Å². The number of carbonyl (C=O) groups excluding carboxylic acids is 1. The minimum atomic E-state index is -5.03. The predicted octanol–water partition coefficient (Wildman–Crippen LogP) is 1.91. The Bertz CT molecular complexity index is 1420. The Morgan fingerprint density at radius 1 is 1.42 bits per heavy atom. The third kappa shape index (κ3) is 4.93. The Morgan fingerprint density at radius 2 is 2.06 bits per heavy atom. The average Bonchev–Trinajstić information content (AvgIpc) is 3.17. The van der Waals surface area contributed by atoms with Gasteiger partial charge in [-0.3, -0.25) is 9.20 Å². The summed E-state index contributed by atoms with van der Waals surface area (Å²) in [4.78, 5) is 18.2. The van der Waals surface area contributed by atoms with Crippen molar-refractivity contribution in [2.45, 2.75) is 31.3 Å².